The minimum atomic E-state index is -3.99. The van der Waals surface area contributed by atoms with Gasteiger partial charge in [0.15, 0.2) is 0 Å². The highest BCUT2D eigenvalue weighted by atomic mass is 35.5. The van der Waals surface area contributed by atoms with Gasteiger partial charge in [-0.1, -0.05) is 18.5 Å². The number of hydrogen-bond acceptors (Lipinski definition) is 4. The Hall–Kier alpha value is -1.47. The van der Waals surface area contributed by atoms with Crippen molar-refractivity contribution in [1.82, 2.24) is 10.0 Å². The summed E-state index contributed by atoms with van der Waals surface area (Å²) in [6.07, 6.45) is 0.705. The first-order valence-electron chi connectivity index (χ1n) is 5.64. The molecule has 0 saturated carbocycles. The van der Waals surface area contributed by atoms with Crippen LogP contribution < -0.4 is 15.8 Å². The molecule has 0 heterocycles. The SMILES string of the molecule is CCCNC(=O)NS(=O)(=O)c1cc(Cl)cc(N)c1C. The summed E-state index contributed by atoms with van der Waals surface area (Å²) in [5.41, 5.74) is 6.25. The molecule has 0 aliphatic rings. The number of nitrogens with one attached hydrogen (secondary N) is 2. The van der Waals surface area contributed by atoms with E-state index in [1.165, 1.54) is 12.1 Å². The van der Waals surface area contributed by atoms with Crippen LogP contribution in [0.2, 0.25) is 5.02 Å². The van der Waals surface area contributed by atoms with Gasteiger partial charge in [-0.25, -0.2) is 17.9 Å². The van der Waals surface area contributed by atoms with Crippen LogP contribution >= 0.6 is 11.6 Å². The van der Waals surface area contributed by atoms with Crippen molar-refractivity contribution in [2.24, 2.45) is 0 Å². The summed E-state index contributed by atoms with van der Waals surface area (Å²) in [5, 5.41) is 2.61. The van der Waals surface area contributed by atoms with Gasteiger partial charge < -0.3 is 11.1 Å². The van der Waals surface area contributed by atoms with E-state index in [1.807, 2.05) is 11.6 Å². The summed E-state index contributed by atoms with van der Waals surface area (Å²) in [6, 6.07) is 1.93. The number of rotatable bonds is 4. The molecule has 1 aromatic rings. The summed E-state index contributed by atoms with van der Waals surface area (Å²) in [4.78, 5) is 11.3. The summed E-state index contributed by atoms with van der Waals surface area (Å²) in [7, 11) is -3.99. The van der Waals surface area contributed by atoms with Crippen molar-refractivity contribution < 1.29 is 13.2 Å². The van der Waals surface area contributed by atoms with Crippen LogP contribution in [0.25, 0.3) is 0 Å². The van der Waals surface area contributed by atoms with Crippen molar-refractivity contribution >= 4 is 33.3 Å². The molecule has 0 saturated heterocycles. The molecular weight excluding hydrogens is 290 g/mol. The van der Waals surface area contributed by atoms with E-state index in [1.54, 1.807) is 6.92 Å². The lowest BCUT2D eigenvalue weighted by molar-refractivity contribution is 0.246. The van der Waals surface area contributed by atoms with Crippen LogP contribution in [0, 0.1) is 6.92 Å². The molecule has 106 valence electrons. The molecule has 0 radical (unpaired) electrons. The molecule has 6 nitrogen and oxygen atoms in total. The topological polar surface area (TPSA) is 101 Å². The van der Waals surface area contributed by atoms with Crippen LogP contribution in [0.4, 0.5) is 10.5 Å². The van der Waals surface area contributed by atoms with Crippen LogP contribution in [0.15, 0.2) is 17.0 Å². The second-order valence-corrected chi connectivity index (χ2v) is 6.07. The highest BCUT2D eigenvalue weighted by Gasteiger charge is 2.21. The van der Waals surface area contributed by atoms with Crippen LogP contribution in [0.1, 0.15) is 18.9 Å². The van der Waals surface area contributed by atoms with Gasteiger partial charge in [-0.15, -0.1) is 0 Å². The van der Waals surface area contributed by atoms with Gasteiger partial charge in [0, 0.05) is 17.3 Å². The molecule has 19 heavy (non-hydrogen) atoms. The minimum absolute atomic E-state index is 0.107. The highest BCUT2D eigenvalue weighted by molar-refractivity contribution is 7.90. The maximum Gasteiger partial charge on any atom is 0.328 e. The monoisotopic (exact) mass is 305 g/mol. The number of nitrogen functional groups attached to an aromatic ring is 1. The number of anilines is 1. The Morgan fingerprint density at radius 1 is 1.42 bits per heavy atom. The molecule has 0 bridgehead atoms. The molecule has 0 fully saturated rings. The van der Waals surface area contributed by atoms with Gasteiger partial charge in [0.25, 0.3) is 10.0 Å². The van der Waals surface area contributed by atoms with Crippen molar-refractivity contribution in [3.8, 4) is 0 Å². The normalized spacial score (nSPS) is 11.1. The molecule has 0 aromatic heterocycles. The molecule has 0 unspecified atom stereocenters. The average molecular weight is 306 g/mol. The van der Waals surface area contributed by atoms with Gasteiger partial charge >= 0.3 is 6.03 Å². The first-order chi connectivity index (χ1) is 8.77. The van der Waals surface area contributed by atoms with Gasteiger partial charge in [-0.05, 0) is 31.0 Å². The Bertz CT molecular complexity index is 587. The number of carbonyl (C=O) groups excluding carboxylic acids is 1. The number of urea groups is 1. The van der Waals surface area contributed by atoms with E-state index in [9.17, 15) is 13.2 Å². The Morgan fingerprint density at radius 2 is 2.05 bits per heavy atom. The molecule has 0 aliphatic heterocycles. The van der Waals surface area contributed by atoms with E-state index >= 15 is 0 Å². The molecule has 0 spiro atoms. The Morgan fingerprint density at radius 3 is 2.63 bits per heavy atom. The second kappa shape index (κ2) is 6.12. The highest BCUT2D eigenvalue weighted by Crippen LogP contribution is 2.25. The third-order valence-electron chi connectivity index (χ3n) is 2.42. The van der Waals surface area contributed by atoms with Crippen molar-refractivity contribution in [2.75, 3.05) is 12.3 Å². The molecule has 4 N–H and O–H groups in total. The summed E-state index contributed by atoms with van der Waals surface area (Å²) < 4.78 is 26.0. The molecule has 1 rings (SSSR count). The van der Waals surface area contributed by atoms with Crippen molar-refractivity contribution in [1.29, 1.82) is 0 Å². The van der Waals surface area contributed by atoms with Crippen LogP contribution in [-0.2, 0) is 10.0 Å². The predicted octanol–water partition coefficient (Wildman–Crippen LogP) is 1.63. The molecule has 0 atom stereocenters. The third kappa shape index (κ3) is 4.00. The number of carbonyl (C=O) groups is 1. The van der Waals surface area contributed by atoms with Crippen LogP contribution in [0.3, 0.4) is 0 Å². The fraction of sp³-hybridized carbons (Fsp3) is 0.364. The van der Waals surface area contributed by atoms with Gasteiger partial charge in [-0.3, -0.25) is 0 Å². The lowest BCUT2D eigenvalue weighted by atomic mass is 10.2. The first-order valence-corrected chi connectivity index (χ1v) is 7.50. The lowest BCUT2D eigenvalue weighted by Gasteiger charge is -2.12. The van der Waals surface area contributed by atoms with E-state index in [-0.39, 0.29) is 15.6 Å². The second-order valence-electron chi connectivity index (χ2n) is 3.98. The lowest BCUT2D eigenvalue weighted by Crippen LogP contribution is -2.39. The van der Waals surface area contributed by atoms with E-state index in [0.717, 1.165) is 0 Å². The van der Waals surface area contributed by atoms with E-state index < -0.39 is 16.1 Å². The van der Waals surface area contributed by atoms with Gasteiger partial charge in [0.1, 0.15) is 0 Å². The third-order valence-corrected chi connectivity index (χ3v) is 4.09. The summed E-state index contributed by atoms with van der Waals surface area (Å²) in [5.74, 6) is 0. The minimum Gasteiger partial charge on any atom is -0.398 e. The number of benzene rings is 1. The zero-order chi connectivity index (χ0) is 14.6. The Balaban J connectivity index is 3.04. The van der Waals surface area contributed by atoms with Crippen molar-refractivity contribution in [2.45, 2.75) is 25.2 Å². The zero-order valence-electron chi connectivity index (χ0n) is 10.7. The number of nitrogens with two attached hydrogens (primary N) is 1. The fourth-order valence-electron chi connectivity index (χ4n) is 1.40. The summed E-state index contributed by atoms with van der Waals surface area (Å²) in [6.45, 7) is 3.79. The maximum absolute atomic E-state index is 12.0. The molecule has 0 aliphatic carbocycles. The van der Waals surface area contributed by atoms with Crippen LogP contribution in [-0.4, -0.2) is 21.0 Å². The first kappa shape index (κ1) is 15.6. The van der Waals surface area contributed by atoms with Crippen molar-refractivity contribution in [3.05, 3.63) is 22.7 Å². The number of hydrogen-bond donors (Lipinski definition) is 3. The Labute approximate surface area is 117 Å². The molecule has 1 aromatic carbocycles. The van der Waals surface area contributed by atoms with Crippen molar-refractivity contribution in [3.63, 3.8) is 0 Å². The van der Waals surface area contributed by atoms with Crippen LogP contribution in [0.5, 0.6) is 0 Å². The van der Waals surface area contributed by atoms with E-state index in [0.29, 0.717) is 18.5 Å². The molecular formula is C11H16ClN3O3S. The zero-order valence-corrected chi connectivity index (χ0v) is 12.2. The van der Waals surface area contributed by atoms with Gasteiger partial charge in [0.2, 0.25) is 0 Å². The molecule has 8 heteroatoms. The van der Waals surface area contributed by atoms with Gasteiger partial charge in [0.05, 0.1) is 4.90 Å². The average Bonchev–Trinajstić information content (AvgIpc) is 2.30. The smallest absolute Gasteiger partial charge is 0.328 e. The predicted molar refractivity (Wildman–Crippen MR) is 74.6 cm³/mol. The van der Waals surface area contributed by atoms with Gasteiger partial charge in [-0.2, -0.15) is 0 Å². The quantitative estimate of drug-likeness (QED) is 0.736. The van der Waals surface area contributed by atoms with E-state index in [4.69, 9.17) is 17.3 Å². The standard InChI is InChI=1S/C11H16ClN3O3S/c1-3-4-14-11(16)15-19(17,18)10-6-8(12)5-9(13)7(10)2/h5-6H,3-4,13H2,1-2H3,(H2,14,15,16). The Kier molecular flexibility index (Phi) is 5.02. The maximum atomic E-state index is 12.0. The molecule has 2 amide bonds. The fourth-order valence-corrected chi connectivity index (χ4v) is 2.93. The number of sulfonamides is 1. The largest absolute Gasteiger partial charge is 0.398 e. The summed E-state index contributed by atoms with van der Waals surface area (Å²) >= 11 is 5.78. The number of amides is 2. The van der Waals surface area contributed by atoms with E-state index in [2.05, 4.69) is 5.32 Å². The number of halogens is 1.